The summed E-state index contributed by atoms with van der Waals surface area (Å²) in [6.07, 6.45) is -0.545. The van der Waals surface area contributed by atoms with Gasteiger partial charge in [-0.25, -0.2) is 9.18 Å². The van der Waals surface area contributed by atoms with Crippen LogP contribution < -0.4 is 10.1 Å². The molecule has 5 nitrogen and oxygen atoms in total. The highest BCUT2D eigenvalue weighted by Gasteiger charge is 2.25. The molecule has 1 N–H and O–H groups in total. The Morgan fingerprint density at radius 3 is 2.32 bits per heavy atom. The molecule has 0 aliphatic carbocycles. The van der Waals surface area contributed by atoms with Crippen LogP contribution in [0.1, 0.15) is 12.5 Å². The molecule has 2 atom stereocenters. The van der Waals surface area contributed by atoms with Crippen molar-refractivity contribution in [2.45, 2.75) is 25.5 Å². The maximum absolute atomic E-state index is 12.9. The number of hydrogen-bond acceptors (Lipinski definition) is 4. The van der Waals surface area contributed by atoms with Crippen LogP contribution in [-0.4, -0.2) is 31.1 Å². The van der Waals surface area contributed by atoms with Gasteiger partial charge in [0.25, 0.3) is 5.91 Å². The first-order chi connectivity index (χ1) is 12.0. The molecule has 0 aliphatic heterocycles. The normalized spacial score (nSPS) is 12.8. The number of amides is 1. The Hall–Kier alpha value is -2.89. The van der Waals surface area contributed by atoms with Gasteiger partial charge in [-0.1, -0.05) is 30.3 Å². The largest absolute Gasteiger partial charge is 0.481 e. The van der Waals surface area contributed by atoms with Crippen LogP contribution in [0.3, 0.4) is 0 Å². The molecule has 2 rings (SSSR count). The number of benzene rings is 2. The molecule has 0 aromatic heterocycles. The molecule has 0 spiro atoms. The number of ether oxygens (including phenoxy) is 2. The third-order valence-corrected chi connectivity index (χ3v) is 3.58. The Morgan fingerprint density at radius 2 is 1.72 bits per heavy atom. The molecule has 0 fully saturated rings. The summed E-state index contributed by atoms with van der Waals surface area (Å²) < 4.78 is 23.1. The molecule has 0 saturated carbocycles. The third kappa shape index (κ3) is 5.60. The summed E-state index contributed by atoms with van der Waals surface area (Å²) >= 11 is 0. The number of rotatable bonds is 7. The van der Waals surface area contributed by atoms with E-state index >= 15 is 0 Å². The van der Waals surface area contributed by atoms with E-state index in [9.17, 15) is 14.0 Å². The van der Waals surface area contributed by atoms with Crippen molar-refractivity contribution < 1.29 is 23.5 Å². The maximum atomic E-state index is 12.9. The van der Waals surface area contributed by atoms with Gasteiger partial charge >= 0.3 is 5.97 Å². The van der Waals surface area contributed by atoms with E-state index in [0.717, 1.165) is 5.56 Å². The molecule has 0 saturated heterocycles. The molecule has 1 amide bonds. The highest BCUT2D eigenvalue weighted by atomic mass is 19.1. The van der Waals surface area contributed by atoms with Crippen molar-refractivity contribution in [3.8, 4) is 5.75 Å². The molecule has 2 aromatic rings. The first kappa shape index (κ1) is 18.4. The fourth-order valence-corrected chi connectivity index (χ4v) is 2.25. The first-order valence-electron chi connectivity index (χ1n) is 7.84. The lowest BCUT2D eigenvalue weighted by atomic mass is 10.1. The van der Waals surface area contributed by atoms with Crippen molar-refractivity contribution in [2.75, 3.05) is 7.11 Å². The van der Waals surface area contributed by atoms with Crippen molar-refractivity contribution in [3.63, 3.8) is 0 Å². The minimum Gasteiger partial charge on any atom is -0.481 e. The Labute approximate surface area is 145 Å². The molecule has 0 radical (unpaired) electrons. The maximum Gasteiger partial charge on any atom is 0.328 e. The summed E-state index contributed by atoms with van der Waals surface area (Å²) in [5.74, 6) is -1.03. The van der Waals surface area contributed by atoms with Crippen LogP contribution in [0.15, 0.2) is 54.6 Å². The van der Waals surface area contributed by atoms with E-state index in [1.54, 1.807) is 6.92 Å². The highest BCUT2D eigenvalue weighted by molar-refractivity contribution is 5.87. The second-order valence-electron chi connectivity index (χ2n) is 5.49. The van der Waals surface area contributed by atoms with Gasteiger partial charge in [-0.05, 0) is 36.8 Å². The Kier molecular flexibility index (Phi) is 6.51. The van der Waals surface area contributed by atoms with Crippen LogP contribution >= 0.6 is 0 Å². The van der Waals surface area contributed by atoms with E-state index in [1.165, 1.54) is 31.4 Å². The Balaban J connectivity index is 2.00. The summed E-state index contributed by atoms with van der Waals surface area (Å²) in [6, 6.07) is 13.8. The Morgan fingerprint density at radius 1 is 1.08 bits per heavy atom. The predicted molar refractivity (Wildman–Crippen MR) is 90.6 cm³/mol. The first-order valence-corrected chi connectivity index (χ1v) is 7.84. The number of nitrogens with one attached hydrogen (secondary N) is 1. The van der Waals surface area contributed by atoms with E-state index in [-0.39, 0.29) is 0 Å². The lowest BCUT2D eigenvalue weighted by Crippen LogP contribution is -2.47. The minimum atomic E-state index is -0.853. The van der Waals surface area contributed by atoms with Crippen LogP contribution in [0.5, 0.6) is 5.75 Å². The van der Waals surface area contributed by atoms with Crippen LogP contribution in [-0.2, 0) is 20.7 Å². The second kappa shape index (κ2) is 8.82. The van der Waals surface area contributed by atoms with Crippen LogP contribution in [0.2, 0.25) is 0 Å². The lowest BCUT2D eigenvalue weighted by Gasteiger charge is -2.20. The van der Waals surface area contributed by atoms with Gasteiger partial charge in [0.2, 0.25) is 0 Å². The van der Waals surface area contributed by atoms with E-state index in [0.29, 0.717) is 12.2 Å². The molecule has 0 aliphatic rings. The molecule has 132 valence electrons. The minimum absolute atomic E-state index is 0.308. The van der Waals surface area contributed by atoms with E-state index in [2.05, 4.69) is 5.32 Å². The van der Waals surface area contributed by atoms with Crippen molar-refractivity contribution in [3.05, 3.63) is 66.0 Å². The number of carbonyl (C=O) groups is 2. The van der Waals surface area contributed by atoms with Gasteiger partial charge in [0.1, 0.15) is 17.6 Å². The fraction of sp³-hybridized carbons (Fsp3) is 0.263. The number of hydrogen-bond donors (Lipinski definition) is 1. The summed E-state index contributed by atoms with van der Waals surface area (Å²) in [5.41, 5.74) is 0.894. The SMILES string of the molecule is COC(=O)[C@H](Cc1ccccc1)NC(=O)[C@H](C)Oc1ccc(F)cc1. The predicted octanol–water partition coefficient (Wildman–Crippen LogP) is 2.49. The Bertz CT molecular complexity index is 703. The van der Waals surface area contributed by atoms with E-state index in [4.69, 9.17) is 9.47 Å². The molecular weight excluding hydrogens is 325 g/mol. The van der Waals surface area contributed by atoms with E-state index in [1.807, 2.05) is 30.3 Å². The summed E-state index contributed by atoms with van der Waals surface area (Å²) in [5, 5.41) is 2.64. The van der Waals surface area contributed by atoms with Gasteiger partial charge in [0.15, 0.2) is 6.10 Å². The smallest absolute Gasteiger partial charge is 0.328 e. The third-order valence-electron chi connectivity index (χ3n) is 3.58. The molecule has 0 bridgehead atoms. The summed E-state index contributed by atoms with van der Waals surface area (Å²) in [6.45, 7) is 1.55. The topological polar surface area (TPSA) is 64.6 Å². The standard InChI is InChI=1S/C19H20FNO4/c1-13(25-16-10-8-15(20)9-11-16)18(22)21-17(19(23)24-2)12-14-6-4-3-5-7-14/h3-11,13,17H,12H2,1-2H3,(H,21,22)/t13-,17-/m0/s1. The van der Waals surface area contributed by atoms with Gasteiger partial charge in [-0.2, -0.15) is 0 Å². The molecule has 0 unspecified atom stereocenters. The zero-order valence-electron chi connectivity index (χ0n) is 14.1. The highest BCUT2D eigenvalue weighted by Crippen LogP contribution is 2.13. The van der Waals surface area contributed by atoms with Crippen molar-refractivity contribution in [1.82, 2.24) is 5.32 Å². The van der Waals surface area contributed by atoms with Crippen LogP contribution in [0, 0.1) is 5.82 Å². The number of carbonyl (C=O) groups excluding carboxylic acids is 2. The number of methoxy groups -OCH3 is 1. The van der Waals surface area contributed by atoms with Crippen molar-refractivity contribution in [1.29, 1.82) is 0 Å². The van der Waals surface area contributed by atoms with Crippen LogP contribution in [0.4, 0.5) is 4.39 Å². The molecule has 25 heavy (non-hydrogen) atoms. The molecule has 6 heteroatoms. The fourth-order valence-electron chi connectivity index (χ4n) is 2.25. The lowest BCUT2D eigenvalue weighted by molar-refractivity contribution is -0.145. The monoisotopic (exact) mass is 345 g/mol. The summed E-state index contributed by atoms with van der Waals surface area (Å²) in [7, 11) is 1.27. The van der Waals surface area contributed by atoms with Gasteiger partial charge in [0.05, 0.1) is 7.11 Å². The second-order valence-corrected chi connectivity index (χ2v) is 5.49. The number of halogens is 1. The van der Waals surface area contributed by atoms with Gasteiger partial charge < -0.3 is 14.8 Å². The van der Waals surface area contributed by atoms with Crippen molar-refractivity contribution >= 4 is 11.9 Å². The zero-order chi connectivity index (χ0) is 18.2. The van der Waals surface area contributed by atoms with E-state index < -0.39 is 29.8 Å². The molecular formula is C19H20FNO4. The average Bonchev–Trinajstić information content (AvgIpc) is 2.63. The zero-order valence-corrected chi connectivity index (χ0v) is 14.1. The van der Waals surface area contributed by atoms with Gasteiger partial charge in [-0.15, -0.1) is 0 Å². The average molecular weight is 345 g/mol. The number of esters is 1. The van der Waals surface area contributed by atoms with Crippen LogP contribution in [0.25, 0.3) is 0 Å². The van der Waals surface area contributed by atoms with Gasteiger partial charge in [0, 0.05) is 6.42 Å². The summed E-state index contributed by atoms with van der Waals surface area (Å²) in [4.78, 5) is 24.3. The molecule has 2 aromatic carbocycles. The van der Waals surface area contributed by atoms with Gasteiger partial charge in [-0.3, -0.25) is 4.79 Å². The van der Waals surface area contributed by atoms with Crippen molar-refractivity contribution in [2.24, 2.45) is 0 Å². The molecule has 0 heterocycles. The quantitative estimate of drug-likeness (QED) is 0.783.